The van der Waals surface area contributed by atoms with E-state index >= 15 is 0 Å². The summed E-state index contributed by atoms with van der Waals surface area (Å²) in [5, 5.41) is 5.58. The first-order valence-corrected chi connectivity index (χ1v) is 5.28. The molecule has 0 saturated carbocycles. The van der Waals surface area contributed by atoms with Crippen LogP contribution in [0.1, 0.15) is 25.5 Å². The molecule has 4 heteroatoms. The average molecular weight is 224 g/mol. The Balaban J connectivity index is 2.69. The van der Waals surface area contributed by atoms with Gasteiger partial charge in [0.05, 0.1) is 12.1 Å². The maximum Gasteiger partial charge on any atom is 0.237 e. The zero-order valence-electron chi connectivity index (χ0n) is 9.75. The molecule has 0 bridgehead atoms. The smallest absolute Gasteiger partial charge is 0.237 e. The third-order valence-corrected chi connectivity index (χ3v) is 2.56. The molecule has 2 unspecified atom stereocenters. The second kappa shape index (κ2) is 5.61. The first-order valence-electron chi connectivity index (χ1n) is 5.28. The molecule has 0 radical (unpaired) electrons. The molecule has 0 saturated heterocycles. The van der Waals surface area contributed by atoms with Crippen LogP contribution in [-0.4, -0.2) is 19.0 Å². The molecule has 1 aromatic rings. The molecule has 88 valence electrons. The van der Waals surface area contributed by atoms with Crippen molar-refractivity contribution in [3.8, 4) is 0 Å². The molecular formula is C12H17FN2O. The fraction of sp³-hybridized carbons (Fsp3) is 0.417. The van der Waals surface area contributed by atoms with E-state index in [1.54, 1.807) is 39.1 Å². The van der Waals surface area contributed by atoms with Gasteiger partial charge in [0, 0.05) is 5.56 Å². The van der Waals surface area contributed by atoms with Crippen LogP contribution in [0.4, 0.5) is 4.39 Å². The van der Waals surface area contributed by atoms with E-state index in [9.17, 15) is 9.18 Å². The molecular weight excluding hydrogens is 207 g/mol. The Hall–Kier alpha value is -1.42. The number of benzene rings is 1. The summed E-state index contributed by atoms with van der Waals surface area (Å²) in [5.74, 6) is -0.439. The lowest BCUT2D eigenvalue weighted by atomic mass is 10.1. The number of likely N-dealkylation sites (N-methyl/N-ethyl adjacent to an activating group) is 1. The Kier molecular flexibility index (Phi) is 4.43. The van der Waals surface area contributed by atoms with Crippen LogP contribution in [0.5, 0.6) is 0 Å². The highest BCUT2D eigenvalue weighted by Crippen LogP contribution is 2.15. The van der Waals surface area contributed by atoms with Crippen LogP contribution in [0.3, 0.4) is 0 Å². The Morgan fingerprint density at radius 3 is 2.50 bits per heavy atom. The van der Waals surface area contributed by atoms with Gasteiger partial charge in [-0.15, -0.1) is 0 Å². The third kappa shape index (κ3) is 3.03. The Labute approximate surface area is 95.0 Å². The van der Waals surface area contributed by atoms with Crippen molar-refractivity contribution >= 4 is 5.91 Å². The Morgan fingerprint density at radius 1 is 1.31 bits per heavy atom. The molecule has 0 fully saturated rings. The first kappa shape index (κ1) is 12.6. The highest BCUT2D eigenvalue weighted by Gasteiger charge is 2.16. The number of rotatable bonds is 4. The number of amides is 1. The van der Waals surface area contributed by atoms with Crippen LogP contribution in [0.2, 0.25) is 0 Å². The number of carbonyl (C=O) groups excluding carboxylic acids is 1. The van der Waals surface area contributed by atoms with Gasteiger partial charge in [-0.2, -0.15) is 0 Å². The monoisotopic (exact) mass is 224 g/mol. The summed E-state index contributed by atoms with van der Waals surface area (Å²) in [7, 11) is 1.71. The topological polar surface area (TPSA) is 41.1 Å². The molecule has 2 atom stereocenters. The van der Waals surface area contributed by atoms with Crippen molar-refractivity contribution in [2.24, 2.45) is 0 Å². The van der Waals surface area contributed by atoms with Crippen LogP contribution in [0.15, 0.2) is 24.3 Å². The maximum absolute atomic E-state index is 13.4. The van der Waals surface area contributed by atoms with Gasteiger partial charge in [0.1, 0.15) is 5.82 Å². The van der Waals surface area contributed by atoms with E-state index in [0.29, 0.717) is 5.56 Å². The molecule has 16 heavy (non-hydrogen) atoms. The third-order valence-electron chi connectivity index (χ3n) is 2.56. The van der Waals surface area contributed by atoms with Gasteiger partial charge in [0.15, 0.2) is 0 Å². The molecule has 1 aromatic carbocycles. The lowest BCUT2D eigenvalue weighted by molar-refractivity contribution is -0.123. The van der Waals surface area contributed by atoms with Crippen molar-refractivity contribution in [1.29, 1.82) is 0 Å². The quantitative estimate of drug-likeness (QED) is 0.815. The summed E-state index contributed by atoms with van der Waals surface area (Å²) in [6, 6.07) is 5.83. The van der Waals surface area contributed by atoms with E-state index in [1.807, 2.05) is 0 Å². The van der Waals surface area contributed by atoms with E-state index in [0.717, 1.165) is 0 Å². The molecule has 3 nitrogen and oxygen atoms in total. The molecule has 0 aliphatic rings. The highest BCUT2D eigenvalue weighted by atomic mass is 19.1. The zero-order chi connectivity index (χ0) is 12.1. The van der Waals surface area contributed by atoms with Crippen molar-refractivity contribution < 1.29 is 9.18 Å². The van der Waals surface area contributed by atoms with E-state index in [-0.39, 0.29) is 23.8 Å². The van der Waals surface area contributed by atoms with Crippen LogP contribution >= 0.6 is 0 Å². The minimum absolute atomic E-state index is 0.141. The fourth-order valence-electron chi connectivity index (χ4n) is 1.37. The minimum atomic E-state index is -0.329. The van der Waals surface area contributed by atoms with Crippen molar-refractivity contribution in [2.75, 3.05) is 7.05 Å². The summed E-state index contributed by atoms with van der Waals surface area (Å²) in [6.45, 7) is 3.52. The molecule has 0 heterocycles. The zero-order valence-corrected chi connectivity index (χ0v) is 9.75. The molecule has 0 aliphatic heterocycles. The minimum Gasteiger partial charge on any atom is -0.348 e. The van der Waals surface area contributed by atoms with Crippen molar-refractivity contribution in [1.82, 2.24) is 10.6 Å². The molecule has 2 N–H and O–H groups in total. The normalized spacial score (nSPS) is 14.2. The second-order valence-electron chi connectivity index (χ2n) is 3.76. The van der Waals surface area contributed by atoms with E-state index in [4.69, 9.17) is 0 Å². The van der Waals surface area contributed by atoms with Gasteiger partial charge in [-0.25, -0.2) is 4.39 Å². The summed E-state index contributed by atoms with van der Waals surface area (Å²) in [5.41, 5.74) is 0.499. The van der Waals surface area contributed by atoms with E-state index in [1.165, 1.54) is 6.07 Å². The predicted molar refractivity (Wildman–Crippen MR) is 61.5 cm³/mol. The van der Waals surface area contributed by atoms with Gasteiger partial charge in [0.25, 0.3) is 0 Å². The lowest BCUT2D eigenvalue weighted by Crippen LogP contribution is -2.41. The van der Waals surface area contributed by atoms with Gasteiger partial charge in [-0.3, -0.25) is 4.79 Å². The average Bonchev–Trinajstić information content (AvgIpc) is 2.28. The number of hydrogen-bond donors (Lipinski definition) is 2. The van der Waals surface area contributed by atoms with Gasteiger partial charge < -0.3 is 10.6 Å². The van der Waals surface area contributed by atoms with E-state index < -0.39 is 0 Å². The maximum atomic E-state index is 13.4. The number of carbonyl (C=O) groups is 1. The second-order valence-corrected chi connectivity index (χ2v) is 3.76. The Bertz CT molecular complexity index is 368. The number of hydrogen-bond acceptors (Lipinski definition) is 2. The summed E-state index contributed by atoms with van der Waals surface area (Å²) < 4.78 is 13.4. The first-order chi connectivity index (χ1) is 7.56. The van der Waals surface area contributed by atoms with Crippen LogP contribution < -0.4 is 10.6 Å². The summed E-state index contributed by atoms with van der Waals surface area (Å²) in [4.78, 5) is 11.6. The van der Waals surface area contributed by atoms with E-state index in [2.05, 4.69) is 10.6 Å². The van der Waals surface area contributed by atoms with Crippen molar-refractivity contribution in [3.63, 3.8) is 0 Å². The molecule has 0 spiro atoms. The van der Waals surface area contributed by atoms with Crippen molar-refractivity contribution in [2.45, 2.75) is 25.9 Å². The van der Waals surface area contributed by atoms with Gasteiger partial charge in [-0.1, -0.05) is 18.2 Å². The molecule has 0 aliphatic carbocycles. The van der Waals surface area contributed by atoms with Crippen LogP contribution in [0, 0.1) is 5.82 Å². The number of halogens is 1. The lowest BCUT2D eigenvalue weighted by Gasteiger charge is -2.17. The highest BCUT2D eigenvalue weighted by molar-refractivity contribution is 5.81. The van der Waals surface area contributed by atoms with Crippen LogP contribution in [0.25, 0.3) is 0 Å². The number of nitrogens with one attached hydrogen (secondary N) is 2. The summed E-state index contributed by atoms with van der Waals surface area (Å²) >= 11 is 0. The SMILES string of the molecule is CNC(C)C(=O)NC(C)c1ccccc1F. The molecule has 1 rings (SSSR count). The largest absolute Gasteiger partial charge is 0.348 e. The molecule has 1 amide bonds. The fourth-order valence-corrected chi connectivity index (χ4v) is 1.37. The van der Waals surface area contributed by atoms with Gasteiger partial charge in [-0.05, 0) is 27.0 Å². The summed E-state index contributed by atoms with van der Waals surface area (Å²) in [6.07, 6.45) is 0. The van der Waals surface area contributed by atoms with Crippen LogP contribution in [-0.2, 0) is 4.79 Å². The molecule has 0 aromatic heterocycles. The van der Waals surface area contributed by atoms with Crippen molar-refractivity contribution in [3.05, 3.63) is 35.6 Å². The predicted octanol–water partition coefficient (Wildman–Crippen LogP) is 1.61. The Morgan fingerprint density at radius 2 is 1.94 bits per heavy atom. The standard InChI is InChI=1S/C12H17FN2O/c1-8(15-12(16)9(2)14-3)10-6-4-5-7-11(10)13/h4-9,14H,1-3H3,(H,15,16). The van der Waals surface area contributed by atoms with Gasteiger partial charge in [0.2, 0.25) is 5.91 Å². The van der Waals surface area contributed by atoms with Gasteiger partial charge >= 0.3 is 0 Å².